The minimum absolute atomic E-state index is 0.431. The molecule has 0 aromatic rings. The second kappa shape index (κ2) is 6.55. The fourth-order valence-corrected chi connectivity index (χ4v) is 1.87. The smallest absolute Gasteiger partial charge is 0.328 e. The fraction of sp³-hybridized carbons (Fsp3) is 0.818. The molecule has 0 saturated carbocycles. The summed E-state index contributed by atoms with van der Waals surface area (Å²) in [5.74, 6) is -1.23. The summed E-state index contributed by atoms with van der Waals surface area (Å²) in [7, 11) is 0. The Kier molecular flexibility index (Phi) is 5.36. The molecule has 1 atom stereocenters. The van der Waals surface area contributed by atoms with Crippen LogP contribution in [-0.4, -0.2) is 76.9 Å². The highest BCUT2D eigenvalue weighted by molar-refractivity contribution is 5.82. The van der Waals surface area contributed by atoms with Crippen molar-refractivity contribution in [3.63, 3.8) is 0 Å². The number of carboxylic acids is 1. The number of hydrogen-bond acceptors (Lipinski definition) is 4. The van der Waals surface area contributed by atoms with Crippen LogP contribution in [0.3, 0.4) is 0 Å². The van der Waals surface area contributed by atoms with E-state index in [1.807, 2.05) is 0 Å². The van der Waals surface area contributed by atoms with Gasteiger partial charge in [-0.1, -0.05) is 0 Å². The van der Waals surface area contributed by atoms with E-state index in [4.69, 9.17) is 10.2 Å². The number of aliphatic hydroxyl groups excluding tert-OH is 1. The van der Waals surface area contributed by atoms with Crippen molar-refractivity contribution in [2.24, 2.45) is 0 Å². The number of nitrogens with zero attached hydrogens (tertiary/aromatic N) is 2. The van der Waals surface area contributed by atoms with E-state index in [0.717, 1.165) is 13.1 Å². The predicted molar refractivity (Wildman–Crippen MR) is 65.3 cm³/mol. The molecule has 0 aromatic carbocycles. The maximum absolute atomic E-state index is 11.8. The van der Waals surface area contributed by atoms with E-state index in [1.165, 1.54) is 0 Å². The van der Waals surface area contributed by atoms with E-state index >= 15 is 0 Å². The maximum Gasteiger partial charge on any atom is 0.328 e. The van der Waals surface area contributed by atoms with Crippen LogP contribution in [0, 0.1) is 0 Å². The lowest BCUT2D eigenvalue weighted by atomic mass is 10.2. The van der Waals surface area contributed by atoms with Gasteiger partial charge in [-0.2, -0.15) is 0 Å². The minimum Gasteiger partial charge on any atom is -0.480 e. The van der Waals surface area contributed by atoms with Gasteiger partial charge >= 0.3 is 12.0 Å². The SMILES string of the molecule is CC(C)N1CCN(C(=O)N[C@@H](CO)C(=O)O)CC1. The molecule has 1 aliphatic heterocycles. The summed E-state index contributed by atoms with van der Waals surface area (Å²) in [4.78, 5) is 26.3. The third-order valence-corrected chi connectivity index (χ3v) is 3.11. The second-order valence-corrected chi connectivity index (χ2v) is 4.64. The normalized spacial score (nSPS) is 18.8. The van der Waals surface area contributed by atoms with Gasteiger partial charge in [-0.25, -0.2) is 9.59 Å². The number of aliphatic carboxylic acids is 1. The zero-order valence-electron chi connectivity index (χ0n) is 10.8. The molecular weight excluding hydrogens is 238 g/mol. The molecule has 0 unspecified atom stereocenters. The number of nitrogens with one attached hydrogen (secondary N) is 1. The average Bonchev–Trinajstić information content (AvgIpc) is 2.35. The van der Waals surface area contributed by atoms with Gasteiger partial charge in [0.15, 0.2) is 6.04 Å². The Morgan fingerprint density at radius 3 is 2.17 bits per heavy atom. The molecule has 1 fully saturated rings. The van der Waals surface area contributed by atoms with Crippen molar-refractivity contribution in [1.29, 1.82) is 0 Å². The first-order valence-corrected chi connectivity index (χ1v) is 6.09. The summed E-state index contributed by atoms with van der Waals surface area (Å²) in [6.45, 7) is 6.30. The Bertz CT molecular complexity index is 301. The number of urea groups is 1. The van der Waals surface area contributed by atoms with Gasteiger partial charge in [0.1, 0.15) is 0 Å². The second-order valence-electron chi connectivity index (χ2n) is 4.64. The van der Waals surface area contributed by atoms with E-state index in [-0.39, 0.29) is 0 Å². The summed E-state index contributed by atoms with van der Waals surface area (Å²) in [6.07, 6.45) is 0. The molecule has 104 valence electrons. The lowest BCUT2D eigenvalue weighted by molar-refractivity contribution is -0.140. The summed E-state index contributed by atoms with van der Waals surface area (Å²) in [6, 6.07) is -1.22. The highest BCUT2D eigenvalue weighted by Crippen LogP contribution is 2.06. The Labute approximate surface area is 106 Å². The van der Waals surface area contributed by atoms with Crippen LogP contribution in [0.25, 0.3) is 0 Å². The van der Waals surface area contributed by atoms with E-state index in [1.54, 1.807) is 4.90 Å². The van der Waals surface area contributed by atoms with Crippen LogP contribution in [0.4, 0.5) is 4.79 Å². The van der Waals surface area contributed by atoms with Gasteiger partial charge in [0.05, 0.1) is 6.61 Å². The zero-order chi connectivity index (χ0) is 13.7. The predicted octanol–water partition coefficient (Wildman–Crippen LogP) is -0.832. The topological polar surface area (TPSA) is 93.1 Å². The van der Waals surface area contributed by atoms with Crippen molar-refractivity contribution in [2.45, 2.75) is 25.9 Å². The lowest BCUT2D eigenvalue weighted by Gasteiger charge is -2.37. The summed E-state index contributed by atoms with van der Waals surface area (Å²) >= 11 is 0. The van der Waals surface area contributed by atoms with Crippen LogP contribution >= 0.6 is 0 Å². The van der Waals surface area contributed by atoms with Gasteiger partial charge in [0.25, 0.3) is 0 Å². The third-order valence-electron chi connectivity index (χ3n) is 3.11. The number of carboxylic acid groups (broad SMARTS) is 1. The first kappa shape index (κ1) is 14.7. The quantitative estimate of drug-likeness (QED) is 0.612. The van der Waals surface area contributed by atoms with Crippen molar-refractivity contribution in [3.8, 4) is 0 Å². The average molecular weight is 259 g/mol. The van der Waals surface area contributed by atoms with Gasteiger partial charge < -0.3 is 20.4 Å². The van der Waals surface area contributed by atoms with Crippen molar-refractivity contribution in [3.05, 3.63) is 0 Å². The van der Waals surface area contributed by atoms with Crippen LogP contribution in [-0.2, 0) is 4.79 Å². The molecule has 7 nitrogen and oxygen atoms in total. The Morgan fingerprint density at radius 2 is 1.78 bits per heavy atom. The number of carbonyl (C=O) groups excluding carboxylic acids is 1. The summed E-state index contributed by atoms with van der Waals surface area (Å²) in [5.41, 5.74) is 0. The van der Waals surface area contributed by atoms with Crippen molar-refractivity contribution < 1.29 is 19.8 Å². The number of rotatable bonds is 4. The van der Waals surface area contributed by atoms with Crippen molar-refractivity contribution in [1.82, 2.24) is 15.1 Å². The van der Waals surface area contributed by atoms with Crippen LogP contribution < -0.4 is 5.32 Å². The Hall–Kier alpha value is -1.34. The molecule has 3 N–H and O–H groups in total. The van der Waals surface area contributed by atoms with Gasteiger partial charge in [0.2, 0.25) is 0 Å². The van der Waals surface area contributed by atoms with Crippen LogP contribution in [0.15, 0.2) is 0 Å². The number of amides is 2. The van der Waals surface area contributed by atoms with E-state index in [9.17, 15) is 9.59 Å². The maximum atomic E-state index is 11.8. The molecule has 0 spiro atoms. The third kappa shape index (κ3) is 3.85. The van der Waals surface area contributed by atoms with E-state index in [2.05, 4.69) is 24.1 Å². The lowest BCUT2D eigenvalue weighted by Crippen LogP contribution is -2.56. The van der Waals surface area contributed by atoms with Crippen LogP contribution in [0.1, 0.15) is 13.8 Å². The highest BCUT2D eigenvalue weighted by Gasteiger charge is 2.25. The number of hydrogen-bond donors (Lipinski definition) is 3. The largest absolute Gasteiger partial charge is 0.480 e. The Balaban J connectivity index is 2.42. The molecule has 1 saturated heterocycles. The van der Waals surface area contributed by atoms with Crippen LogP contribution in [0.5, 0.6) is 0 Å². The molecule has 1 heterocycles. The molecule has 0 aromatic heterocycles. The molecular formula is C11H21N3O4. The van der Waals surface area contributed by atoms with Crippen molar-refractivity contribution >= 4 is 12.0 Å². The number of carbonyl (C=O) groups is 2. The molecule has 1 aliphatic rings. The van der Waals surface area contributed by atoms with Gasteiger partial charge in [-0.05, 0) is 13.8 Å². The fourth-order valence-electron chi connectivity index (χ4n) is 1.87. The summed E-state index contributed by atoms with van der Waals surface area (Å²) < 4.78 is 0. The first-order valence-electron chi connectivity index (χ1n) is 6.09. The first-order chi connectivity index (χ1) is 8.45. The summed E-state index contributed by atoms with van der Waals surface area (Å²) in [5, 5.41) is 19.9. The van der Waals surface area contributed by atoms with Crippen LogP contribution in [0.2, 0.25) is 0 Å². The van der Waals surface area contributed by atoms with Crippen molar-refractivity contribution in [2.75, 3.05) is 32.8 Å². The number of aliphatic hydroxyl groups is 1. The minimum atomic E-state index is -1.24. The standard InChI is InChI=1S/C11H21N3O4/c1-8(2)13-3-5-14(6-4-13)11(18)12-9(7-15)10(16)17/h8-9,15H,3-7H2,1-2H3,(H,12,18)(H,16,17)/t9-/m0/s1. The monoisotopic (exact) mass is 259 g/mol. The van der Waals surface area contributed by atoms with E-state index in [0.29, 0.717) is 19.1 Å². The molecule has 0 bridgehead atoms. The van der Waals surface area contributed by atoms with Gasteiger partial charge in [-0.15, -0.1) is 0 Å². The van der Waals surface area contributed by atoms with E-state index < -0.39 is 24.6 Å². The van der Waals surface area contributed by atoms with Gasteiger partial charge in [-0.3, -0.25) is 4.90 Å². The Morgan fingerprint density at radius 1 is 1.22 bits per heavy atom. The molecule has 0 radical (unpaired) electrons. The molecule has 7 heteroatoms. The molecule has 2 amide bonds. The molecule has 0 aliphatic carbocycles. The molecule has 1 rings (SSSR count). The zero-order valence-corrected chi connectivity index (χ0v) is 10.8. The molecule has 18 heavy (non-hydrogen) atoms. The highest BCUT2D eigenvalue weighted by atomic mass is 16.4. The van der Waals surface area contributed by atoms with Gasteiger partial charge in [0, 0.05) is 32.2 Å². The number of piperazine rings is 1.